The van der Waals surface area contributed by atoms with E-state index in [0.29, 0.717) is 28.4 Å². The Balaban J connectivity index is 1.50. The molecule has 176 valence electrons. The first-order chi connectivity index (χ1) is 16.8. The van der Waals surface area contributed by atoms with Crippen molar-refractivity contribution >= 4 is 40.7 Å². The van der Waals surface area contributed by atoms with E-state index >= 15 is 0 Å². The lowest BCUT2D eigenvalue weighted by atomic mass is 9.76. The fraction of sp³-hybridized carbons (Fsp3) is 0.192. The molecule has 0 aliphatic carbocycles. The lowest BCUT2D eigenvalue weighted by Gasteiger charge is -2.29. The third-order valence-corrected chi connectivity index (χ3v) is 7.37. The van der Waals surface area contributed by atoms with Crippen molar-refractivity contribution in [3.05, 3.63) is 88.7 Å². The number of carbonyl (C=O) groups excluding carboxylic acids is 3. The Labute approximate surface area is 204 Å². The molecule has 7 nitrogen and oxygen atoms in total. The van der Waals surface area contributed by atoms with Crippen LogP contribution in [0.3, 0.4) is 0 Å². The van der Waals surface area contributed by atoms with Crippen molar-refractivity contribution in [2.75, 3.05) is 10.2 Å². The Morgan fingerprint density at radius 2 is 1.77 bits per heavy atom. The first-order valence-corrected chi connectivity index (χ1v) is 11.5. The number of hydrogen-bond acceptors (Lipinski definition) is 5. The van der Waals surface area contributed by atoms with Crippen LogP contribution >= 0.6 is 11.6 Å². The van der Waals surface area contributed by atoms with Crippen LogP contribution in [-0.2, 0) is 26.3 Å². The van der Waals surface area contributed by atoms with E-state index < -0.39 is 47.0 Å². The van der Waals surface area contributed by atoms with E-state index in [2.05, 4.69) is 10.6 Å². The van der Waals surface area contributed by atoms with Crippen LogP contribution in [0.25, 0.3) is 0 Å². The number of phenolic OH excluding ortho intramolecular Hbond substituents is 1. The van der Waals surface area contributed by atoms with Gasteiger partial charge in [-0.05, 0) is 60.5 Å². The molecule has 0 aromatic heterocycles. The Morgan fingerprint density at radius 3 is 2.51 bits per heavy atom. The summed E-state index contributed by atoms with van der Waals surface area (Å²) in [6.45, 7) is 0. The van der Waals surface area contributed by atoms with Crippen molar-refractivity contribution in [3.8, 4) is 5.75 Å². The van der Waals surface area contributed by atoms with Gasteiger partial charge in [0.1, 0.15) is 17.1 Å². The lowest BCUT2D eigenvalue weighted by molar-refractivity contribution is -0.130. The third-order valence-electron chi connectivity index (χ3n) is 7.14. The smallest absolute Gasteiger partial charge is 0.250 e. The molecule has 0 bridgehead atoms. The van der Waals surface area contributed by atoms with Gasteiger partial charge in [0.15, 0.2) is 0 Å². The summed E-state index contributed by atoms with van der Waals surface area (Å²) in [4.78, 5) is 42.2. The number of benzene rings is 3. The molecule has 35 heavy (non-hydrogen) atoms. The van der Waals surface area contributed by atoms with Crippen molar-refractivity contribution in [3.63, 3.8) is 0 Å². The van der Waals surface area contributed by atoms with Gasteiger partial charge in [-0.2, -0.15) is 0 Å². The number of anilines is 2. The van der Waals surface area contributed by atoms with Crippen LogP contribution in [-0.4, -0.2) is 28.9 Å². The molecule has 9 heteroatoms. The minimum Gasteiger partial charge on any atom is -0.508 e. The van der Waals surface area contributed by atoms with Gasteiger partial charge in [-0.1, -0.05) is 29.8 Å². The van der Waals surface area contributed by atoms with Crippen molar-refractivity contribution < 1.29 is 23.9 Å². The predicted molar refractivity (Wildman–Crippen MR) is 126 cm³/mol. The highest BCUT2D eigenvalue weighted by Gasteiger charge is 2.70. The van der Waals surface area contributed by atoms with E-state index in [1.54, 1.807) is 30.3 Å². The summed E-state index contributed by atoms with van der Waals surface area (Å²) in [5.41, 5.74) is 0.215. The van der Waals surface area contributed by atoms with Gasteiger partial charge >= 0.3 is 0 Å². The molecular formula is C26H19ClFN3O4. The first-order valence-electron chi connectivity index (χ1n) is 11.1. The summed E-state index contributed by atoms with van der Waals surface area (Å²) in [5, 5.41) is 16.0. The second kappa shape index (κ2) is 7.63. The molecule has 2 saturated heterocycles. The zero-order chi connectivity index (χ0) is 24.5. The number of imide groups is 1. The lowest BCUT2D eigenvalue weighted by Crippen LogP contribution is -2.53. The van der Waals surface area contributed by atoms with Crippen LogP contribution in [0.15, 0.2) is 66.7 Å². The maximum atomic E-state index is 14.3. The Kier molecular flexibility index (Phi) is 4.74. The van der Waals surface area contributed by atoms with Crippen molar-refractivity contribution in [1.29, 1.82) is 0 Å². The molecule has 3 N–H and O–H groups in total. The molecule has 3 aromatic rings. The average molecular weight is 492 g/mol. The van der Waals surface area contributed by atoms with Gasteiger partial charge in [0.05, 0.1) is 17.5 Å². The fourth-order valence-corrected chi connectivity index (χ4v) is 5.89. The predicted octanol–water partition coefficient (Wildman–Crippen LogP) is 3.35. The maximum Gasteiger partial charge on any atom is 0.250 e. The largest absolute Gasteiger partial charge is 0.508 e. The molecule has 6 rings (SSSR count). The molecule has 0 radical (unpaired) electrons. The number of aromatic hydroxyl groups is 1. The minimum atomic E-state index is -1.61. The minimum absolute atomic E-state index is 0.0984. The number of halogens is 2. The molecule has 3 heterocycles. The zero-order valence-electron chi connectivity index (χ0n) is 18.2. The second-order valence-corrected chi connectivity index (χ2v) is 9.51. The van der Waals surface area contributed by atoms with Crippen LogP contribution in [0, 0.1) is 17.7 Å². The second-order valence-electron chi connectivity index (χ2n) is 9.07. The van der Waals surface area contributed by atoms with Crippen molar-refractivity contribution in [1.82, 2.24) is 5.32 Å². The first kappa shape index (κ1) is 21.8. The Morgan fingerprint density at radius 1 is 1.00 bits per heavy atom. The van der Waals surface area contributed by atoms with E-state index in [9.17, 15) is 23.9 Å². The highest BCUT2D eigenvalue weighted by molar-refractivity contribution is 6.31. The molecule has 4 atom stereocenters. The summed E-state index contributed by atoms with van der Waals surface area (Å²) >= 11 is 6.13. The molecule has 2 fully saturated rings. The molecular weight excluding hydrogens is 473 g/mol. The van der Waals surface area contributed by atoms with Gasteiger partial charge in [-0.3, -0.25) is 19.7 Å². The van der Waals surface area contributed by atoms with Crippen LogP contribution in [0.4, 0.5) is 15.8 Å². The number of nitrogens with one attached hydrogen (secondary N) is 2. The third kappa shape index (κ3) is 3.10. The summed E-state index contributed by atoms with van der Waals surface area (Å²) < 4.78 is 14.3. The molecule has 0 saturated carbocycles. The summed E-state index contributed by atoms with van der Waals surface area (Å²) in [6, 6.07) is 16.2. The summed E-state index contributed by atoms with van der Waals surface area (Å²) in [5.74, 6) is -3.92. The van der Waals surface area contributed by atoms with Gasteiger partial charge in [0.25, 0.3) is 0 Å². The molecule has 0 unspecified atom stereocenters. The highest BCUT2D eigenvalue weighted by Crippen LogP contribution is 2.54. The van der Waals surface area contributed by atoms with Gasteiger partial charge in [-0.25, -0.2) is 9.29 Å². The number of phenols is 1. The van der Waals surface area contributed by atoms with Crippen molar-refractivity contribution in [2.24, 2.45) is 11.8 Å². The van der Waals surface area contributed by atoms with Gasteiger partial charge < -0.3 is 10.4 Å². The van der Waals surface area contributed by atoms with E-state index in [0.717, 1.165) is 10.5 Å². The maximum absolute atomic E-state index is 14.3. The van der Waals surface area contributed by atoms with Crippen LogP contribution in [0.5, 0.6) is 5.75 Å². The molecule has 3 aliphatic rings. The number of amides is 3. The van der Waals surface area contributed by atoms with Crippen LogP contribution in [0.1, 0.15) is 11.1 Å². The topological polar surface area (TPSA) is 98.7 Å². The number of carbonyl (C=O) groups is 3. The van der Waals surface area contributed by atoms with E-state index in [1.165, 1.54) is 36.4 Å². The zero-order valence-corrected chi connectivity index (χ0v) is 18.9. The quantitative estimate of drug-likeness (QED) is 0.488. The highest BCUT2D eigenvalue weighted by atomic mass is 35.5. The summed E-state index contributed by atoms with van der Waals surface area (Å²) in [7, 11) is 0. The van der Waals surface area contributed by atoms with Gasteiger partial charge in [0.2, 0.25) is 17.7 Å². The summed E-state index contributed by atoms with van der Waals surface area (Å²) in [6.07, 6.45) is 0.309. The molecule has 3 amide bonds. The number of rotatable bonds is 3. The molecule has 3 aromatic carbocycles. The van der Waals surface area contributed by atoms with Gasteiger partial charge in [-0.15, -0.1) is 0 Å². The Bertz CT molecular complexity index is 1410. The SMILES string of the molecule is O=C1[C@H]2[C@@H](C(=O)N1c1cccc(Cl)c1)[C@]1(N[C@@H]2Cc2ccc(O)cc2)C(=O)Nc2ccc(F)cc21. The van der Waals surface area contributed by atoms with Crippen LogP contribution < -0.4 is 15.5 Å². The van der Waals surface area contributed by atoms with E-state index in [4.69, 9.17) is 11.6 Å². The normalized spacial score (nSPS) is 26.9. The standard InChI is InChI=1S/C26H19ClFN3O4/c27-14-2-1-3-16(11-14)31-23(33)21-20(10-13-4-7-17(32)8-5-13)30-26(22(21)24(31)34)18-12-15(28)6-9-19(18)29-25(26)35/h1-9,11-12,20-22,30,32H,10H2,(H,29,35)/t20-,21-,22+,26+/m1/s1. The number of hydrogen-bond donors (Lipinski definition) is 3. The number of fused-ring (bicyclic) bond motifs is 4. The molecule has 1 spiro atoms. The van der Waals surface area contributed by atoms with Crippen LogP contribution in [0.2, 0.25) is 5.02 Å². The van der Waals surface area contributed by atoms with E-state index in [1.807, 2.05) is 0 Å². The average Bonchev–Trinajstić information content (AvgIpc) is 3.40. The van der Waals surface area contributed by atoms with Gasteiger partial charge in [0, 0.05) is 22.3 Å². The monoisotopic (exact) mass is 491 g/mol. The molecule has 3 aliphatic heterocycles. The van der Waals surface area contributed by atoms with Crippen molar-refractivity contribution in [2.45, 2.75) is 18.0 Å². The number of nitrogens with zero attached hydrogens (tertiary/aromatic N) is 1. The Hall–Kier alpha value is -3.75. The van der Waals surface area contributed by atoms with E-state index in [-0.39, 0.29) is 5.75 Å². The fourth-order valence-electron chi connectivity index (χ4n) is 5.70.